The van der Waals surface area contributed by atoms with Gasteiger partial charge in [0.15, 0.2) is 10.8 Å². The summed E-state index contributed by atoms with van der Waals surface area (Å²) in [7, 11) is 0. The lowest BCUT2D eigenvalue weighted by atomic mass is 10.1. The highest BCUT2D eigenvalue weighted by Gasteiger charge is 2.08. The fourth-order valence-electron chi connectivity index (χ4n) is 1.33. The van der Waals surface area contributed by atoms with Gasteiger partial charge in [-0.15, -0.1) is 0 Å². The molecular weight excluding hydrogens is 224 g/mol. The lowest BCUT2D eigenvalue weighted by Crippen LogP contribution is -1.94. The summed E-state index contributed by atoms with van der Waals surface area (Å²) in [4.78, 5) is 12.2. The first kappa shape index (κ1) is 10.5. The second kappa shape index (κ2) is 4.25. The number of halogens is 1. The number of hydrogen-bond acceptors (Lipinski definition) is 4. The van der Waals surface area contributed by atoms with Gasteiger partial charge < -0.3 is 0 Å². The van der Waals surface area contributed by atoms with E-state index in [1.54, 1.807) is 6.20 Å². The molecule has 0 saturated heterocycles. The average Bonchev–Trinajstić information content (AvgIpc) is 2.29. The molecular formula is C11H7ClN4. The molecule has 0 aromatic carbocycles. The maximum Gasteiger partial charge on any atom is 0.177 e. The van der Waals surface area contributed by atoms with Gasteiger partial charge in [-0.3, -0.25) is 4.98 Å². The molecule has 4 nitrogen and oxygen atoms in total. The molecule has 5 heteroatoms. The lowest BCUT2D eigenvalue weighted by molar-refractivity contribution is 1.14. The topological polar surface area (TPSA) is 62.5 Å². The third-order valence-electron chi connectivity index (χ3n) is 2.12. The van der Waals surface area contributed by atoms with Crippen LogP contribution < -0.4 is 0 Å². The quantitative estimate of drug-likeness (QED) is 0.755. The Labute approximate surface area is 97.6 Å². The fourth-order valence-corrected chi connectivity index (χ4v) is 1.51. The number of hydrogen-bond donors (Lipinski definition) is 0. The Morgan fingerprint density at radius 1 is 1.38 bits per heavy atom. The molecule has 0 radical (unpaired) electrons. The van der Waals surface area contributed by atoms with Gasteiger partial charge in [-0.25, -0.2) is 9.97 Å². The lowest BCUT2D eigenvalue weighted by Gasteiger charge is -2.03. The Balaban J connectivity index is 2.55. The van der Waals surface area contributed by atoms with E-state index in [0.717, 1.165) is 11.3 Å². The third-order valence-corrected chi connectivity index (χ3v) is 2.38. The molecule has 0 aliphatic heterocycles. The second-order valence-corrected chi connectivity index (χ2v) is 3.50. The van der Waals surface area contributed by atoms with Crippen molar-refractivity contribution in [1.82, 2.24) is 15.0 Å². The zero-order chi connectivity index (χ0) is 11.5. The minimum atomic E-state index is 0.114. The van der Waals surface area contributed by atoms with Gasteiger partial charge in [-0.2, -0.15) is 5.26 Å². The zero-order valence-electron chi connectivity index (χ0n) is 8.48. The summed E-state index contributed by atoms with van der Waals surface area (Å²) in [5, 5.41) is 8.80. The van der Waals surface area contributed by atoms with E-state index in [4.69, 9.17) is 16.9 Å². The van der Waals surface area contributed by atoms with Gasteiger partial charge in [-0.05, 0) is 19.1 Å². The smallest absolute Gasteiger partial charge is 0.177 e. The summed E-state index contributed by atoms with van der Waals surface area (Å²) in [6.45, 7) is 1.88. The molecule has 0 aliphatic carbocycles. The normalized spacial score (nSPS) is 9.81. The number of rotatable bonds is 1. The van der Waals surface area contributed by atoms with Crippen LogP contribution in [0.2, 0.25) is 5.15 Å². The van der Waals surface area contributed by atoms with E-state index >= 15 is 0 Å². The van der Waals surface area contributed by atoms with Crippen molar-refractivity contribution in [2.45, 2.75) is 6.92 Å². The molecule has 0 fully saturated rings. The third kappa shape index (κ3) is 1.86. The standard InChI is InChI=1S/C11H7ClN4/c1-7-8(3-2-4-14-7)10-6-15-9(5-13)11(12)16-10/h2-4,6H,1H3. The van der Waals surface area contributed by atoms with Crippen molar-refractivity contribution in [3.8, 4) is 17.3 Å². The molecule has 0 bridgehead atoms. The first-order valence-electron chi connectivity index (χ1n) is 4.57. The molecule has 0 saturated carbocycles. The summed E-state index contributed by atoms with van der Waals surface area (Å²) >= 11 is 5.82. The Kier molecular flexibility index (Phi) is 2.80. The second-order valence-electron chi connectivity index (χ2n) is 3.14. The molecule has 2 rings (SSSR count). The highest BCUT2D eigenvalue weighted by atomic mass is 35.5. The largest absolute Gasteiger partial charge is 0.261 e. The number of nitriles is 1. The highest BCUT2D eigenvalue weighted by Crippen LogP contribution is 2.21. The number of aromatic nitrogens is 3. The van der Waals surface area contributed by atoms with Crippen molar-refractivity contribution in [3.63, 3.8) is 0 Å². The van der Waals surface area contributed by atoms with Crippen LogP contribution in [0.3, 0.4) is 0 Å². The molecule has 0 aliphatic rings. The predicted molar refractivity (Wildman–Crippen MR) is 59.7 cm³/mol. The summed E-state index contributed by atoms with van der Waals surface area (Å²) in [5.41, 5.74) is 2.46. The molecule has 2 heterocycles. The van der Waals surface area contributed by atoms with Crippen LogP contribution in [0.25, 0.3) is 11.3 Å². The molecule has 0 amide bonds. The molecule has 0 N–H and O–H groups in total. The zero-order valence-corrected chi connectivity index (χ0v) is 9.23. The average molecular weight is 231 g/mol. The van der Waals surface area contributed by atoms with E-state index in [2.05, 4.69) is 15.0 Å². The number of pyridine rings is 1. The van der Waals surface area contributed by atoms with Gasteiger partial charge in [0.2, 0.25) is 0 Å². The van der Waals surface area contributed by atoms with Crippen molar-refractivity contribution < 1.29 is 0 Å². The minimum absolute atomic E-state index is 0.114. The van der Waals surface area contributed by atoms with Crippen LogP contribution in [-0.4, -0.2) is 15.0 Å². The van der Waals surface area contributed by atoms with Crippen LogP contribution in [0.15, 0.2) is 24.5 Å². The van der Waals surface area contributed by atoms with Crippen LogP contribution in [-0.2, 0) is 0 Å². The molecule has 16 heavy (non-hydrogen) atoms. The van der Waals surface area contributed by atoms with Crippen LogP contribution in [0.1, 0.15) is 11.4 Å². The maximum atomic E-state index is 8.69. The summed E-state index contributed by atoms with van der Waals surface area (Å²) in [6, 6.07) is 5.57. The van der Waals surface area contributed by atoms with Crippen molar-refractivity contribution >= 4 is 11.6 Å². The van der Waals surface area contributed by atoms with Crippen LogP contribution >= 0.6 is 11.6 Å². The molecule has 0 spiro atoms. The van der Waals surface area contributed by atoms with E-state index in [1.807, 2.05) is 25.1 Å². The Morgan fingerprint density at radius 3 is 2.81 bits per heavy atom. The van der Waals surface area contributed by atoms with Crippen molar-refractivity contribution in [2.75, 3.05) is 0 Å². The predicted octanol–water partition coefficient (Wildman–Crippen LogP) is 2.37. The van der Waals surface area contributed by atoms with Gasteiger partial charge in [0.25, 0.3) is 0 Å². The van der Waals surface area contributed by atoms with Crippen LogP contribution in [0, 0.1) is 18.3 Å². The van der Waals surface area contributed by atoms with Crippen molar-refractivity contribution in [2.24, 2.45) is 0 Å². The molecule has 2 aromatic heterocycles. The molecule has 0 atom stereocenters. The first-order valence-corrected chi connectivity index (χ1v) is 4.95. The molecule has 78 valence electrons. The van der Waals surface area contributed by atoms with E-state index in [0.29, 0.717) is 5.69 Å². The van der Waals surface area contributed by atoms with E-state index in [-0.39, 0.29) is 10.8 Å². The van der Waals surface area contributed by atoms with E-state index in [1.165, 1.54) is 6.20 Å². The summed E-state index contributed by atoms with van der Waals surface area (Å²) < 4.78 is 0. The first-order chi connectivity index (χ1) is 7.72. The van der Waals surface area contributed by atoms with Gasteiger partial charge in [-0.1, -0.05) is 11.6 Å². The van der Waals surface area contributed by atoms with E-state index in [9.17, 15) is 0 Å². The van der Waals surface area contributed by atoms with Gasteiger partial charge in [0.1, 0.15) is 6.07 Å². The molecule has 0 unspecified atom stereocenters. The van der Waals surface area contributed by atoms with E-state index < -0.39 is 0 Å². The van der Waals surface area contributed by atoms with Gasteiger partial charge >= 0.3 is 0 Å². The summed E-state index contributed by atoms with van der Waals surface area (Å²) in [5.74, 6) is 0. The monoisotopic (exact) mass is 230 g/mol. The number of nitrogens with zero attached hydrogens (tertiary/aromatic N) is 4. The summed E-state index contributed by atoms with van der Waals surface area (Å²) in [6.07, 6.45) is 3.23. The van der Waals surface area contributed by atoms with Crippen molar-refractivity contribution in [1.29, 1.82) is 5.26 Å². The van der Waals surface area contributed by atoms with Gasteiger partial charge in [0, 0.05) is 17.5 Å². The fraction of sp³-hybridized carbons (Fsp3) is 0.0909. The Morgan fingerprint density at radius 2 is 2.19 bits per heavy atom. The van der Waals surface area contributed by atoms with Crippen LogP contribution in [0.4, 0.5) is 0 Å². The SMILES string of the molecule is Cc1ncccc1-c1cnc(C#N)c(Cl)n1. The van der Waals surface area contributed by atoms with Crippen molar-refractivity contribution in [3.05, 3.63) is 41.1 Å². The molecule has 2 aromatic rings. The Hall–Kier alpha value is -1.99. The Bertz CT molecular complexity index is 574. The van der Waals surface area contributed by atoms with Crippen LogP contribution in [0.5, 0.6) is 0 Å². The maximum absolute atomic E-state index is 8.69. The highest BCUT2D eigenvalue weighted by molar-refractivity contribution is 6.30. The number of aryl methyl sites for hydroxylation is 1. The van der Waals surface area contributed by atoms with Gasteiger partial charge in [0.05, 0.1) is 11.9 Å². The minimum Gasteiger partial charge on any atom is -0.261 e.